The first-order valence-corrected chi connectivity index (χ1v) is 7.51. The summed E-state index contributed by atoms with van der Waals surface area (Å²) in [4.78, 5) is 2.42. The van der Waals surface area contributed by atoms with Crippen LogP contribution in [0.2, 0.25) is 0 Å². The van der Waals surface area contributed by atoms with E-state index in [9.17, 15) is 5.11 Å². The van der Waals surface area contributed by atoms with Crippen molar-refractivity contribution >= 4 is 15.9 Å². The average molecular weight is 312 g/mol. The van der Waals surface area contributed by atoms with Gasteiger partial charge in [-0.05, 0) is 49.4 Å². The Kier molecular flexibility index (Phi) is 4.82. The van der Waals surface area contributed by atoms with Crippen LogP contribution in [0.5, 0.6) is 0 Å². The first kappa shape index (κ1) is 14.0. The maximum absolute atomic E-state index is 9.56. The zero-order valence-electron chi connectivity index (χ0n) is 11.2. The molecule has 1 aromatic rings. The quantitative estimate of drug-likeness (QED) is 0.925. The second-order valence-corrected chi connectivity index (χ2v) is 6.28. The molecule has 2 atom stereocenters. The molecule has 0 aliphatic carbocycles. The number of benzene rings is 1. The van der Waals surface area contributed by atoms with E-state index in [0.717, 1.165) is 13.1 Å². The molecule has 0 radical (unpaired) electrons. The average Bonchev–Trinajstić information content (AvgIpc) is 2.34. The van der Waals surface area contributed by atoms with E-state index >= 15 is 0 Å². The third-order valence-corrected chi connectivity index (χ3v) is 4.89. The van der Waals surface area contributed by atoms with Crippen LogP contribution < -0.4 is 0 Å². The van der Waals surface area contributed by atoms with Crippen LogP contribution in [0.4, 0.5) is 0 Å². The molecule has 0 spiro atoms. The predicted octanol–water partition coefficient (Wildman–Crippen LogP) is 3.35. The smallest absolute Gasteiger partial charge is 0.0589 e. The van der Waals surface area contributed by atoms with Crippen LogP contribution in [-0.2, 0) is 6.54 Å². The lowest BCUT2D eigenvalue weighted by Gasteiger charge is -2.39. The van der Waals surface area contributed by atoms with E-state index in [1.165, 1.54) is 28.4 Å². The number of rotatable bonds is 3. The fourth-order valence-electron chi connectivity index (χ4n) is 2.80. The Labute approximate surface area is 118 Å². The number of likely N-dealkylation sites (tertiary alicyclic amines) is 1. The van der Waals surface area contributed by atoms with Gasteiger partial charge in [0.25, 0.3) is 0 Å². The highest BCUT2D eigenvalue weighted by Gasteiger charge is 2.27. The molecular weight excluding hydrogens is 290 g/mol. The molecule has 1 aromatic carbocycles. The molecule has 3 heteroatoms. The fourth-order valence-corrected chi connectivity index (χ4v) is 3.22. The lowest BCUT2D eigenvalue weighted by Crippen LogP contribution is -2.45. The van der Waals surface area contributed by atoms with Gasteiger partial charge in [-0.25, -0.2) is 0 Å². The predicted molar refractivity (Wildman–Crippen MR) is 78.6 cm³/mol. The van der Waals surface area contributed by atoms with Gasteiger partial charge in [0.15, 0.2) is 0 Å². The Morgan fingerprint density at radius 1 is 1.44 bits per heavy atom. The minimum absolute atomic E-state index is 0.272. The molecule has 0 amide bonds. The molecular formula is C15H22BrNO. The summed E-state index contributed by atoms with van der Waals surface area (Å²) in [6.07, 6.45) is 2.48. The number of hydrogen-bond acceptors (Lipinski definition) is 2. The fraction of sp³-hybridized carbons (Fsp3) is 0.600. The molecule has 1 aliphatic heterocycles. The minimum atomic E-state index is 0.272. The SMILES string of the molecule is Cc1ccc(CN2CCC[C@H](C)[C@H]2CO)cc1Br. The van der Waals surface area contributed by atoms with E-state index in [1.807, 2.05) is 0 Å². The number of aliphatic hydroxyl groups is 1. The van der Waals surface area contributed by atoms with Crippen molar-refractivity contribution < 1.29 is 5.11 Å². The molecule has 18 heavy (non-hydrogen) atoms. The van der Waals surface area contributed by atoms with Gasteiger partial charge in [0, 0.05) is 17.1 Å². The molecule has 1 aliphatic rings. The molecule has 2 rings (SSSR count). The number of hydrogen-bond donors (Lipinski definition) is 1. The largest absolute Gasteiger partial charge is 0.395 e. The maximum atomic E-state index is 9.56. The van der Waals surface area contributed by atoms with E-state index in [-0.39, 0.29) is 6.61 Å². The van der Waals surface area contributed by atoms with E-state index in [1.54, 1.807) is 0 Å². The van der Waals surface area contributed by atoms with Crippen molar-refractivity contribution in [3.8, 4) is 0 Å². The van der Waals surface area contributed by atoms with E-state index in [2.05, 4.69) is 52.9 Å². The molecule has 1 heterocycles. The summed E-state index contributed by atoms with van der Waals surface area (Å²) in [5.41, 5.74) is 2.59. The van der Waals surface area contributed by atoms with Crippen molar-refractivity contribution in [2.24, 2.45) is 5.92 Å². The zero-order chi connectivity index (χ0) is 13.1. The van der Waals surface area contributed by atoms with Crippen molar-refractivity contribution in [3.05, 3.63) is 33.8 Å². The van der Waals surface area contributed by atoms with Crippen molar-refractivity contribution in [1.82, 2.24) is 4.90 Å². The standard InChI is InChI=1S/C15H22BrNO/c1-11-5-6-13(8-14(11)16)9-17-7-3-4-12(2)15(17)10-18/h5-6,8,12,15,18H,3-4,7,9-10H2,1-2H3/t12-,15+/m0/s1. The van der Waals surface area contributed by atoms with Crippen molar-refractivity contribution in [3.63, 3.8) is 0 Å². The molecule has 0 aromatic heterocycles. The molecule has 1 N–H and O–H groups in total. The highest BCUT2D eigenvalue weighted by atomic mass is 79.9. The first-order valence-electron chi connectivity index (χ1n) is 6.71. The maximum Gasteiger partial charge on any atom is 0.0589 e. The van der Waals surface area contributed by atoms with Gasteiger partial charge >= 0.3 is 0 Å². The summed E-state index contributed by atoms with van der Waals surface area (Å²) in [6.45, 7) is 6.66. The molecule has 0 unspecified atom stereocenters. The molecule has 0 bridgehead atoms. The molecule has 1 fully saturated rings. The van der Waals surface area contributed by atoms with Gasteiger partial charge < -0.3 is 5.11 Å². The van der Waals surface area contributed by atoms with Crippen molar-refractivity contribution in [2.45, 2.75) is 39.3 Å². The van der Waals surface area contributed by atoms with Gasteiger partial charge in [0.2, 0.25) is 0 Å². The van der Waals surface area contributed by atoms with Crippen LogP contribution in [-0.4, -0.2) is 29.2 Å². The van der Waals surface area contributed by atoms with Gasteiger partial charge in [-0.2, -0.15) is 0 Å². The molecule has 2 nitrogen and oxygen atoms in total. The normalized spacial score (nSPS) is 25.3. The third-order valence-electron chi connectivity index (χ3n) is 4.04. The zero-order valence-corrected chi connectivity index (χ0v) is 12.8. The number of nitrogens with zero attached hydrogens (tertiary/aromatic N) is 1. The van der Waals surface area contributed by atoms with Crippen molar-refractivity contribution in [1.29, 1.82) is 0 Å². The van der Waals surface area contributed by atoms with Crippen molar-refractivity contribution in [2.75, 3.05) is 13.2 Å². The summed E-state index contributed by atoms with van der Waals surface area (Å²) in [5.74, 6) is 0.595. The van der Waals surface area contributed by atoms with Crippen LogP contribution in [0.3, 0.4) is 0 Å². The number of piperidine rings is 1. The summed E-state index contributed by atoms with van der Waals surface area (Å²) >= 11 is 3.59. The Morgan fingerprint density at radius 2 is 2.22 bits per heavy atom. The number of aliphatic hydroxyl groups excluding tert-OH is 1. The van der Waals surface area contributed by atoms with Gasteiger partial charge in [-0.1, -0.05) is 35.0 Å². The highest BCUT2D eigenvalue weighted by molar-refractivity contribution is 9.10. The monoisotopic (exact) mass is 311 g/mol. The van der Waals surface area contributed by atoms with Crippen LogP contribution in [0.1, 0.15) is 30.9 Å². The molecule has 100 valence electrons. The Hall–Kier alpha value is -0.380. The lowest BCUT2D eigenvalue weighted by molar-refractivity contribution is 0.0472. The van der Waals surface area contributed by atoms with Gasteiger partial charge in [0.05, 0.1) is 6.61 Å². The van der Waals surface area contributed by atoms with E-state index in [0.29, 0.717) is 12.0 Å². The third kappa shape index (κ3) is 3.14. The van der Waals surface area contributed by atoms with Gasteiger partial charge in [-0.3, -0.25) is 4.90 Å². The Morgan fingerprint density at radius 3 is 2.89 bits per heavy atom. The summed E-state index contributed by atoms with van der Waals surface area (Å²) in [7, 11) is 0. The van der Waals surface area contributed by atoms with Crippen LogP contribution in [0.25, 0.3) is 0 Å². The molecule has 1 saturated heterocycles. The van der Waals surface area contributed by atoms with Gasteiger partial charge in [-0.15, -0.1) is 0 Å². The Bertz CT molecular complexity index is 407. The molecule has 0 saturated carbocycles. The summed E-state index contributed by atoms with van der Waals surface area (Å²) < 4.78 is 1.17. The number of halogens is 1. The van der Waals surface area contributed by atoms with E-state index in [4.69, 9.17) is 0 Å². The highest BCUT2D eigenvalue weighted by Crippen LogP contribution is 2.26. The lowest BCUT2D eigenvalue weighted by atomic mass is 9.91. The summed E-state index contributed by atoms with van der Waals surface area (Å²) in [5, 5.41) is 9.56. The van der Waals surface area contributed by atoms with Crippen LogP contribution in [0.15, 0.2) is 22.7 Å². The number of aryl methyl sites for hydroxylation is 1. The first-order chi connectivity index (χ1) is 8.61. The second-order valence-electron chi connectivity index (χ2n) is 5.42. The second kappa shape index (κ2) is 6.18. The van der Waals surface area contributed by atoms with Crippen LogP contribution in [0, 0.1) is 12.8 Å². The topological polar surface area (TPSA) is 23.5 Å². The minimum Gasteiger partial charge on any atom is -0.395 e. The summed E-state index contributed by atoms with van der Waals surface area (Å²) in [6, 6.07) is 6.86. The van der Waals surface area contributed by atoms with Crippen LogP contribution >= 0.6 is 15.9 Å². The Balaban J connectivity index is 2.09. The van der Waals surface area contributed by atoms with Gasteiger partial charge in [0.1, 0.15) is 0 Å². The van der Waals surface area contributed by atoms with E-state index < -0.39 is 0 Å².